The Hall–Kier alpha value is -2.67. The SMILES string of the molecule is COCCNc1cc(C(=O)NCCc2ccc(OC)cc2)nc(C)n1. The number of aryl methyl sites for hydroxylation is 1. The lowest BCUT2D eigenvalue weighted by molar-refractivity contribution is 0.0949. The molecule has 134 valence electrons. The van der Waals surface area contributed by atoms with E-state index in [-0.39, 0.29) is 5.91 Å². The number of aromatic nitrogens is 2. The molecule has 0 radical (unpaired) electrons. The predicted molar refractivity (Wildman–Crippen MR) is 96.2 cm³/mol. The van der Waals surface area contributed by atoms with Crippen molar-refractivity contribution < 1.29 is 14.3 Å². The molecule has 1 aromatic carbocycles. The van der Waals surface area contributed by atoms with Crippen molar-refractivity contribution >= 4 is 11.7 Å². The number of hydrogen-bond acceptors (Lipinski definition) is 6. The maximum Gasteiger partial charge on any atom is 0.270 e. The number of nitrogens with zero attached hydrogens (tertiary/aromatic N) is 2. The zero-order valence-corrected chi connectivity index (χ0v) is 14.8. The third-order valence-electron chi connectivity index (χ3n) is 3.54. The van der Waals surface area contributed by atoms with Gasteiger partial charge in [-0.1, -0.05) is 12.1 Å². The number of methoxy groups -OCH3 is 2. The molecule has 1 amide bonds. The van der Waals surface area contributed by atoms with E-state index in [4.69, 9.17) is 9.47 Å². The van der Waals surface area contributed by atoms with Crippen LogP contribution in [-0.2, 0) is 11.2 Å². The molecule has 0 atom stereocenters. The number of anilines is 1. The number of benzene rings is 1. The standard InChI is InChI=1S/C18H24N4O3/c1-13-21-16(12-17(22-13)19-10-11-24-2)18(23)20-9-8-14-4-6-15(25-3)7-5-14/h4-7,12H,8-11H2,1-3H3,(H,20,23)(H,19,21,22). The summed E-state index contributed by atoms with van der Waals surface area (Å²) in [5, 5.41) is 5.99. The van der Waals surface area contributed by atoms with Gasteiger partial charge in [-0.05, 0) is 31.0 Å². The van der Waals surface area contributed by atoms with Crippen LogP contribution in [0.1, 0.15) is 21.9 Å². The lowest BCUT2D eigenvalue weighted by Crippen LogP contribution is -2.27. The Morgan fingerprint density at radius 1 is 1.12 bits per heavy atom. The van der Waals surface area contributed by atoms with Gasteiger partial charge in [-0.25, -0.2) is 9.97 Å². The predicted octanol–water partition coefficient (Wildman–Crippen LogP) is 1.82. The molecule has 2 aromatic rings. The quantitative estimate of drug-likeness (QED) is 0.675. The van der Waals surface area contributed by atoms with Gasteiger partial charge in [-0.3, -0.25) is 4.79 Å². The van der Waals surface area contributed by atoms with Crippen LogP contribution in [0, 0.1) is 6.92 Å². The minimum Gasteiger partial charge on any atom is -0.497 e. The molecule has 0 saturated carbocycles. The lowest BCUT2D eigenvalue weighted by Gasteiger charge is -2.09. The second-order valence-corrected chi connectivity index (χ2v) is 5.46. The van der Waals surface area contributed by atoms with Crippen LogP contribution in [-0.4, -0.2) is 49.8 Å². The zero-order chi connectivity index (χ0) is 18.1. The Morgan fingerprint density at radius 2 is 1.88 bits per heavy atom. The van der Waals surface area contributed by atoms with E-state index in [2.05, 4.69) is 20.6 Å². The minimum atomic E-state index is -0.214. The number of carbonyl (C=O) groups excluding carboxylic acids is 1. The lowest BCUT2D eigenvalue weighted by atomic mass is 10.1. The van der Waals surface area contributed by atoms with Crippen LogP contribution >= 0.6 is 0 Å². The molecule has 2 N–H and O–H groups in total. The van der Waals surface area contributed by atoms with Crippen molar-refractivity contribution in [3.05, 3.63) is 47.4 Å². The van der Waals surface area contributed by atoms with E-state index >= 15 is 0 Å². The van der Waals surface area contributed by atoms with Gasteiger partial charge in [-0.2, -0.15) is 0 Å². The molecule has 1 heterocycles. The maximum absolute atomic E-state index is 12.3. The first-order valence-corrected chi connectivity index (χ1v) is 8.12. The highest BCUT2D eigenvalue weighted by Crippen LogP contribution is 2.11. The Bertz CT molecular complexity index is 689. The average molecular weight is 344 g/mol. The average Bonchev–Trinajstić information content (AvgIpc) is 2.62. The first kappa shape index (κ1) is 18.7. The fraction of sp³-hybridized carbons (Fsp3) is 0.389. The molecule has 0 aliphatic rings. The second-order valence-electron chi connectivity index (χ2n) is 5.46. The fourth-order valence-corrected chi connectivity index (χ4v) is 2.26. The first-order chi connectivity index (χ1) is 12.1. The van der Waals surface area contributed by atoms with Crippen LogP contribution in [0.2, 0.25) is 0 Å². The Kier molecular flexibility index (Phi) is 7.16. The molecule has 7 heteroatoms. The minimum absolute atomic E-state index is 0.214. The smallest absolute Gasteiger partial charge is 0.270 e. The Balaban J connectivity index is 1.88. The third-order valence-corrected chi connectivity index (χ3v) is 3.54. The van der Waals surface area contributed by atoms with Crippen LogP contribution in [0.3, 0.4) is 0 Å². The van der Waals surface area contributed by atoms with Gasteiger partial charge in [0.05, 0.1) is 13.7 Å². The summed E-state index contributed by atoms with van der Waals surface area (Å²) in [6.07, 6.45) is 0.735. The van der Waals surface area contributed by atoms with Crippen molar-refractivity contribution in [1.82, 2.24) is 15.3 Å². The molecule has 0 unspecified atom stereocenters. The van der Waals surface area contributed by atoms with Gasteiger partial charge in [0, 0.05) is 26.3 Å². The fourth-order valence-electron chi connectivity index (χ4n) is 2.26. The number of rotatable bonds is 9. The summed E-state index contributed by atoms with van der Waals surface area (Å²) >= 11 is 0. The molecule has 0 aliphatic carbocycles. The number of carbonyl (C=O) groups is 1. The molecule has 0 aliphatic heterocycles. The number of nitrogens with one attached hydrogen (secondary N) is 2. The number of ether oxygens (including phenoxy) is 2. The molecule has 0 saturated heterocycles. The van der Waals surface area contributed by atoms with Crippen molar-refractivity contribution in [2.75, 3.05) is 39.2 Å². The monoisotopic (exact) mass is 344 g/mol. The van der Waals surface area contributed by atoms with E-state index in [1.54, 1.807) is 27.2 Å². The van der Waals surface area contributed by atoms with Crippen molar-refractivity contribution in [2.45, 2.75) is 13.3 Å². The van der Waals surface area contributed by atoms with E-state index in [1.807, 2.05) is 24.3 Å². The summed E-state index contributed by atoms with van der Waals surface area (Å²) in [6.45, 7) is 3.47. The molecule has 0 bridgehead atoms. The van der Waals surface area contributed by atoms with E-state index < -0.39 is 0 Å². The van der Waals surface area contributed by atoms with Gasteiger partial charge in [0.25, 0.3) is 5.91 Å². The summed E-state index contributed by atoms with van der Waals surface area (Å²) < 4.78 is 10.1. The van der Waals surface area contributed by atoms with Gasteiger partial charge in [-0.15, -0.1) is 0 Å². The van der Waals surface area contributed by atoms with Gasteiger partial charge < -0.3 is 20.1 Å². The molecule has 0 spiro atoms. The summed E-state index contributed by atoms with van der Waals surface area (Å²) in [7, 11) is 3.27. The van der Waals surface area contributed by atoms with Crippen LogP contribution in [0.4, 0.5) is 5.82 Å². The normalized spacial score (nSPS) is 10.4. The highest BCUT2D eigenvalue weighted by atomic mass is 16.5. The summed E-state index contributed by atoms with van der Waals surface area (Å²) in [4.78, 5) is 20.8. The van der Waals surface area contributed by atoms with Gasteiger partial charge in [0.2, 0.25) is 0 Å². The van der Waals surface area contributed by atoms with Gasteiger partial charge >= 0.3 is 0 Å². The summed E-state index contributed by atoms with van der Waals surface area (Å²) in [5.41, 5.74) is 1.48. The van der Waals surface area contributed by atoms with Crippen molar-refractivity contribution in [1.29, 1.82) is 0 Å². The van der Waals surface area contributed by atoms with E-state index in [0.29, 0.717) is 37.0 Å². The number of amides is 1. The maximum atomic E-state index is 12.3. The van der Waals surface area contributed by atoms with Gasteiger partial charge in [0.15, 0.2) is 0 Å². The van der Waals surface area contributed by atoms with Crippen LogP contribution in [0.15, 0.2) is 30.3 Å². The number of hydrogen-bond donors (Lipinski definition) is 2. The second kappa shape index (κ2) is 9.58. The van der Waals surface area contributed by atoms with Crippen LogP contribution in [0.25, 0.3) is 0 Å². The highest BCUT2D eigenvalue weighted by Gasteiger charge is 2.10. The summed E-state index contributed by atoms with van der Waals surface area (Å²) in [6, 6.07) is 9.42. The van der Waals surface area contributed by atoms with Crippen molar-refractivity contribution in [3.8, 4) is 5.75 Å². The molecule has 2 rings (SSSR count). The topological polar surface area (TPSA) is 85.4 Å². The van der Waals surface area contributed by atoms with Crippen LogP contribution in [0.5, 0.6) is 5.75 Å². The van der Waals surface area contributed by atoms with Gasteiger partial charge in [0.1, 0.15) is 23.1 Å². The Morgan fingerprint density at radius 3 is 2.56 bits per heavy atom. The summed E-state index contributed by atoms with van der Waals surface area (Å²) in [5.74, 6) is 1.76. The highest BCUT2D eigenvalue weighted by molar-refractivity contribution is 5.92. The van der Waals surface area contributed by atoms with Crippen LogP contribution < -0.4 is 15.4 Å². The largest absolute Gasteiger partial charge is 0.497 e. The van der Waals surface area contributed by atoms with E-state index in [1.165, 1.54) is 0 Å². The zero-order valence-electron chi connectivity index (χ0n) is 14.8. The van der Waals surface area contributed by atoms with Crippen molar-refractivity contribution in [3.63, 3.8) is 0 Å². The van der Waals surface area contributed by atoms with E-state index in [0.717, 1.165) is 17.7 Å². The molecule has 25 heavy (non-hydrogen) atoms. The third kappa shape index (κ3) is 6.04. The van der Waals surface area contributed by atoms with E-state index in [9.17, 15) is 4.79 Å². The molecule has 7 nitrogen and oxygen atoms in total. The molecule has 1 aromatic heterocycles. The molecular weight excluding hydrogens is 320 g/mol. The first-order valence-electron chi connectivity index (χ1n) is 8.12. The van der Waals surface area contributed by atoms with Crippen molar-refractivity contribution in [2.24, 2.45) is 0 Å². The molecular formula is C18H24N4O3. The molecule has 0 fully saturated rings. The Labute approximate surface area is 147 Å².